The molecule has 1 fully saturated rings. The molecular formula is C21H21NO4. The molecular weight excluding hydrogens is 330 g/mol. The van der Waals surface area contributed by atoms with E-state index in [1.54, 1.807) is 29.2 Å². The van der Waals surface area contributed by atoms with E-state index in [-0.39, 0.29) is 30.4 Å². The molecule has 5 heteroatoms. The van der Waals surface area contributed by atoms with Crippen molar-refractivity contribution in [2.45, 2.75) is 27.2 Å². The number of hydrogen-bond donors (Lipinski definition) is 0. The summed E-state index contributed by atoms with van der Waals surface area (Å²) in [7, 11) is 0. The molecule has 0 bridgehead atoms. The van der Waals surface area contributed by atoms with Crippen molar-refractivity contribution in [3.8, 4) is 5.75 Å². The number of esters is 1. The Morgan fingerprint density at radius 2 is 1.81 bits per heavy atom. The molecule has 0 aromatic heterocycles. The molecule has 26 heavy (non-hydrogen) atoms. The molecule has 0 spiro atoms. The maximum Gasteiger partial charge on any atom is 0.316 e. The van der Waals surface area contributed by atoms with Crippen LogP contribution in [-0.4, -0.2) is 24.2 Å². The minimum atomic E-state index is -0.552. The summed E-state index contributed by atoms with van der Waals surface area (Å²) in [5, 5.41) is 0. The highest BCUT2D eigenvalue weighted by molar-refractivity contribution is 6.01. The van der Waals surface area contributed by atoms with Crippen molar-refractivity contribution in [2.24, 2.45) is 5.92 Å². The fraction of sp³-hybridized carbons (Fsp3) is 0.286. The maximum absolute atomic E-state index is 12.5. The normalized spacial score (nSPS) is 16.7. The van der Waals surface area contributed by atoms with Gasteiger partial charge in [0.05, 0.1) is 11.5 Å². The van der Waals surface area contributed by atoms with Crippen molar-refractivity contribution in [1.29, 1.82) is 0 Å². The van der Waals surface area contributed by atoms with Gasteiger partial charge in [0, 0.05) is 18.7 Å². The summed E-state index contributed by atoms with van der Waals surface area (Å²) in [6.45, 7) is 5.71. The van der Waals surface area contributed by atoms with E-state index in [0.29, 0.717) is 5.56 Å². The zero-order chi connectivity index (χ0) is 18.8. The second-order valence-corrected chi connectivity index (χ2v) is 6.65. The average molecular weight is 351 g/mol. The average Bonchev–Trinajstić information content (AvgIpc) is 2.99. The van der Waals surface area contributed by atoms with Gasteiger partial charge in [0.15, 0.2) is 5.78 Å². The van der Waals surface area contributed by atoms with E-state index >= 15 is 0 Å². The number of rotatable bonds is 4. The quantitative estimate of drug-likeness (QED) is 0.481. The van der Waals surface area contributed by atoms with E-state index in [1.165, 1.54) is 6.92 Å². The molecule has 0 saturated carbocycles. The summed E-state index contributed by atoms with van der Waals surface area (Å²) in [6, 6.07) is 12.4. The first-order chi connectivity index (χ1) is 12.4. The van der Waals surface area contributed by atoms with Crippen molar-refractivity contribution >= 4 is 23.3 Å². The lowest BCUT2D eigenvalue weighted by molar-refractivity contribution is -0.139. The van der Waals surface area contributed by atoms with Gasteiger partial charge in [-0.25, -0.2) is 0 Å². The van der Waals surface area contributed by atoms with Crippen LogP contribution in [0.2, 0.25) is 0 Å². The fourth-order valence-electron chi connectivity index (χ4n) is 3.05. The first-order valence-electron chi connectivity index (χ1n) is 8.56. The van der Waals surface area contributed by atoms with Crippen LogP contribution in [0, 0.1) is 19.8 Å². The zero-order valence-corrected chi connectivity index (χ0v) is 15.1. The Bertz CT molecular complexity index is 887. The molecule has 5 nitrogen and oxygen atoms in total. The van der Waals surface area contributed by atoms with Gasteiger partial charge in [-0.1, -0.05) is 18.2 Å². The number of anilines is 1. The summed E-state index contributed by atoms with van der Waals surface area (Å²) in [5.74, 6) is -1.08. The Hall–Kier alpha value is -2.95. The third-order valence-electron chi connectivity index (χ3n) is 4.74. The lowest BCUT2D eigenvalue weighted by atomic mass is 10.1. The Morgan fingerprint density at radius 1 is 1.08 bits per heavy atom. The van der Waals surface area contributed by atoms with Gasteiger partial charge in [-0.3, -0.25) is 14.4 Å². The Labute approximate surface area is 152 Å². The van der Waals surface area contributed by atoms with Crippen LogP contribution in [0.5, 0.6) is 5.75 Å². The number of carbonyl (C=O) groups is 3. The third kappa shape index (κ3) is 3.52. The molecule has 2 aromatic carbocycles. The van der Waals surface area contributed by atoms with Crippen molar-refractivity contribution in [2.75, 3.05) is 11.4 Å². The minimum Gasteiger partial charge on any atom is -0.425 e. The number of amides is 1. The molecule has 134 valence electrons. The molecule has 0 unspecified atom stereocenters. The molecule has 0 radical (unpaired) electrons. The van der Waals surface area contributed by atoms with Crippen LogP contribution in [0.4, 0.5) is 5.69 Å². The molecule has 1 saturated heterocycles. The number of carbonyl (C=O) groups excluding carboxylic acids is 3. The van der Waals surface area contributed by atoms with Crippen molar-refractivity contribution < 1.29 is 19.1 Å². The molecule has 0 N–H and O–H groups in total. The van der Waals surface area contributed by atoms with Gasteiger partial charge in [-0.05, 0) is 56.2 Å². The first kappa shape index (κ1) is 17.9. The SMILES string of the molecule is CC(=O)c1ccccc1OC(=O)[C@H]1CC(=O)N(c2ccc(C)c(C)c2)C1. The number of nitrogens with zero attached hydrogens (tertiary/aromatic N) is 1. The van der Waals surface area contributed by atoms with Crippen LogP contribution in [0.15, 0.2) is 42.5 Å². The Kier molecular flexibility index (Phi) is 4.89. The Morgan fingerprint density at radius 3 is 2.50 bits per heavy atom. The van der Waals surface area contributed by atoms with Gasteiger partial charge in [0.1, 0.15) is 5.75 Å². The van der Waals surface area contributed by atoms with Crippen LogP contribution in [0.1, 0.15) is 34.8 Å². The minimum absolute atomic E-state index is 0.102. The van der Waals surface area contributed by atoms with Crippen molar-refractivity contribution in [3.63, 3.8) is 0 Å². The van der Waals surface area contributed by atoms with Crippen molar-refractivity contribution in [1.82, 2.24) is 0 Å². The van der Waals surface area contributed by atoms with Crippen LogP contribution in [0.25, 0.3) is 0 Å². The Balaban J connectivity index is 1.75. The molecule has 0 aliphatic carbocycles. The summed E-state index contributed by atoms with van der Waals surface area (Å²) in [6.07, 6.45) is 0.105. The largest absolute Gasteiger partial charge is 0.425 e. The molecule has 1 heterocycles. The second kappa shape index (κ2) is 7.12. The van der Waals surface area contributed by atoms with Crippen LogP contribution in [0.3, 0.4) is 0 Å². The molecule has 3 rings (SSSR count). The maximum atomic E-state index is 12.5. The fourth-order valence-corrected chi connectivity index (χ4v) is 3.05. The van der Waals surface area contributed by atoms with E-state index in [2.05, 4.69) is 0 Å². The number of ether oxygens (including phenoxy) is 1. The third-order valence-corrected chi connectivity index (χ3v) is 4.74. The van der Waals surface area contributed by atoms with Gasteiger partial charge in [-0.15, -0.1) is 0 Å². The number of benzene rings is 2. The second-order valence-electron chi connectivity index (χ2n) is 6.65. The highest BCUT2D eigenvalue weighted by Gasteiger charge is 2.36. The summed E-state index contributed by atoms with van der Waals surface area (Å²) < 4.78 is 5.43. The molecule has 1 aliphatic rings. The van der Waals surface area contributed by atoms with Gasteiger partial charge < -0.3 is 9.64 Å². The van der Waals surface area contributed by atoms with Crippen LogP contribution < -0.4 is 9.64 Å². The summed E-state index contributed by atoms with van der Waals surface area (Å²) in [5.41, 5.74) is 3.39. The number of para-hydroxylation sites is 1. The first-order valence-corrected chi connectivity index (χ1v) is 8.56. The molecule has 2 aromatic rings. The zero-order valence-electron chi connectivity index (χ0n) is 15.1. The number of hydrogen-bond acceptors (Lipinski definition) is 4. The van der Waals surface area contributed by atoms with E-state index in [1.807, 2.05) is 32.0 Å². The standard InChI is InChI=1S/C21H21NO4/c1-13-8-9-17(10-14(13)2)22-12-16(11-20(22)24)21(25)26-19-7-5-4-6-18(19)15(3)23/h4-10,16H,11-12H2,1-3H3/t16-/m0/s1. The highest BCUT2D eigenvalue weighted by Crippen LogP contribution is 2.28. The van der Waals surface area contributed by atoms with E-state index < -0.39 is 11.9 Å². The van der Waals surface area contributed by atoms with E-state index in [4.69, 9.17) is 4.74 Å². The topological polar surface area (TPSA) is 63.7 Å². The van der Waals surface area contributed by atoms with Gasteiger partial charge in [0.25, 0.3) is 0 Å². The lowest BCUT2D eigenvalue weighted by Crippen LogP contribution is -2.27. The van der Waals surface area contributed by atoms with Gasteiger partial charge >= 0.3 is 5.97 Å². The van der Waals surface area contributed by atoms with Crippen molar-refractivity contribution in [3.05, 3.63) is 59.2 Å². The lowest BCUT2D eigenvalue weighted by Gasteiger charge is -2.18. The van der Waals surface area contributed by atoms with Crippen LogP contribution >= 0.6 is 0 Å². The summed E-state index contributed by atoms with van der Waals surface area (Å²) >= 11 is 0. The number of ketones is 1. The van der Waals surface area contributed by atoms with Gasteiger partial charge in [0.2, 0.25) is 5.91 Å². The number of Topliss-reactive ketones (excluding diaryl/α,β-unsaturated/α-hetero) is 1. The molecule has 1 atom stereocenters. The highest BCUT2D eigenvalue weighted by atomic mass is 16.5. The predicted octanol–water partition coefficient (Wildman–Crippen LogP) is 3.46. The molecule has 1 aliphatic heterocycles. The molecule has 1 amide bonds. The van der Waals surface area contributed by atoms with Gasteiger partial charge in [-0.2, -0.15) is 0 Å². The van der Waals surface area contributed by atoms with E-state index in [0.717, 1.165) is 16.8 Å². The van der Waals surface area contributed by atoms with Crippen LogP contribution in [-0.2, 0) is 9.59 Å². The summed E-state index contributed by atoms with van der Waals surface area (Å²) in [4.78, 5) is 38.2. The smallest absolute Gasteiger partial charge is 0.316 e. The monoisotopic (exact) mass is 351 g/mol. The van der Waals surface area contributed by atoms with E-state index in [9.17, 15) is 14.4 Å². The predicted molar refractivity (Wildman–Crippen MR) is 98.5 cm³/mol. The number of aryl methyl sites for hydroxylation is 2.